The first-order valence-corrected chi connectivity index (χ1v) is 17.5. The number of amides is 1. The van der Waals surface area contributed by atoms with E-state index in [2.05, 4.69) is 0 Å². The number of carbonyl (C=O) groups excluding carboxylic acids is 4. The second-order valence-electron chi connectivity index (χ2n) is 13.9. The van der Waals surface area contributed by atoms with Crippen molar-refractivity contribution in [1.29, 1.82) is 0 Å². The first-order chi connectivity index (χ1) is 22.4. The largest absolute Gasteiger partial charge is 0.459 e. The lowest BCUT2D eigenvalue weighted by molar-refractivity contribution is -0.265. The molecule has 1 rings (SSSR count). The van der Waals surface area contributed by atoms with Crippen LogP contribution in [0.5, 0.6) is 0 Å². The van der Waals surface area contributed by atoms with Gasteiger partial charge in [-0.15, -0.1) is 0 Å². The third-order valence-electron chi connectivity index (χ3n) is 10.1. The Labute approximate surface area is 288 Å². The summed E-state index contributed by atoms with van der Waals surface area (Å²) in [7, 11) is 5.13. The van der Waals surface area contributed by atoms with Crippen molar-refractivity contribution in [2.45, 2.75) is 142 Å². The standard InChI is InChI=1S/C35H65N3O10/c1-12-25(37(9)10)30(42)33(46-14-3)48-31-23(5)29(41)24(6)32(43)47-28(13-2)35(8,44)27(38(21-39)18-16-15-17-36)19-26(40)22(4)20-34(31,7)45-11/h21-25,27-28,30-31,33,42,44H,12-20,36H2,1-11H3/t22-,23+,24-,25?,27-,28-,30?,31-,33+,34-,35+/m1/s1. The highest BCUT2D eigenvalue weighted by atomic mass is 16.7. The maximum Gasteiger partial charge on any atom is 0.316 e. The summed E-state index contributed by atoms with van der Waals surface area (Å²) in [5.74, 6) is -4.53. The van der Waals surface area contributed by atoms with Crippen LogP contribution in [0.2, 0.25) is 0 Å². The Morgan fingerprint density at radius 2 is 1.73 bits per heavy atom. The highest BCUT2D eigenvalue weighted by Gasteiger charge is 2.50. The molecule has 11 atom stereocenters. The van der Waals surface area contributed by atoms with Gasteiger partial charge in [-0.05, 0) is 80.4 Å². The van der Waals surface area contributed by atoms with E-state index >= 15 is 0 Å². The van der Waals surface area contributed by atoms with Crippen molar-refractivity contribution in [2.75, 3.05) is 40.9 Å². The lowest BCUT2D eigenvalue weighted by Crippen LogP contribution is -2.60. The first-order valence-electron chi connectivity index (χ1n) is 17.5. The fourth-order valence-electron chi connectivity index (χ4n) is 6.95. The maximum atomic E-state index is 14.1. The molecule has 1 heterocycles. The van der Waals surface area contributed by atoms with Crippen LogP contribution in [0.4, 0.5) is 0 Å². The normalized spacial score (nSPS) is 33.1. The third-order valence-corrected chi connectivity index (χ3v) is 10.1. The van der Waals surface area contributed by atoms with Crippen molar-refractivity contribution in [1.82, 2.24) is 9.80 Å². The van der Waals surface area contributed by atoms with Crippen molar-refractivity contribution in [3.05, 3.63) is 0 Å². The van der Waals surface area contributed by atoms with Gasteiger partial charge in [-0.3, -0.25) is 19.2 Å². The molecular formula is C35H65N3O10. The van der Waals surface area contributed by atoms with E-state index in [1.807, 2.05) is 25.9 Å². The van der Waals surface area contributed by atoms with Crippen LogP contribution in [0.15, 0.2) is 0 Å². The minimum absolute atomic E-state index is 0.0869. The zero-order chi connectivity index (χ0) is 37.0. The fourth-order valence-corrected chi connectivity index (χ4v) is 6.95. The molecule has 0 bridgehead atoms. The lowest BCUT2D eigenvalue weighted by Gasteiger charge is -2.45. The molecule has 0 saturated carbocycles. The number of nitrogens with two attached hydrogens (primary N) is 1. The average molecular weight is 688 g/mol. The number of aliphatic hydroxyl groups excluding tert-OH is 1. The Hall–Kier alpha value is -2.00. The van der Waals surface area contributed by atoms with Gasteiger partial charge >= 0.3 is 5.97 Å². The molecule has 1 aliphatic rings. The highest BCUT2D eigenvalue weighted by molar-refractivity contribution is 6.00. The highest BCUT2D eigenvalue weighted by Crippen LogP contribution is 2.37. The van der Waals surface area contributed by atoms with Crippen LogP contribution < -0.4 is 5.73 Å². The lowest BCUT2D eigenvalue weighted by atomic mass is 9.76. The molecule has 4 N–H and O–H groups in total. The van der Waals surface area contributed by atoms with E-state index in [-0.39, 0.29) is 44.2 Å². The number of aliphatic hydroxyl groups is 2. The Morgan fingerprint density at radius 3 is 2.21 bits per heavy atom. The van der Waals surface area contributed by atoms with Gasteiger partial charge in [-0.1, -0.05) is 27.7 Å². The van der Waals surface area contributed by atoms with Gasteiger partial charge in [0.2, 0.25) is 6.41 Å². The van der Waals surface area contributed by atoms with Crippen molar-refractivity contribution < 1.29 is 48.3 Å². The number of hydrogen-bond acceptors (Lipinski definition) is 12. The summed E-state index contributed by atoms with van der Waals surface area (Å²) in [6.07, 6.45) is -2.08. The molecule has 0 spiro atoms. The van der Waals surface area contributed by atoms with Gasteiger partial charge in [0, 0.05) is 44.6 Å². The number of Topliss-reactive ketones (excluding diaryl/α,β-unsaturated/α-hetero) is 2. The number of rotatable bonds is 16. The van der Waals surface area contributed by atoms with E-state index in [0.29, 0.717) is 32.2 Å². The van der Waals surface area contributed by atoms with Gasteiger partial charge in [-0.2, -0.15) is 0 Å². The number of esters is 1. The van der Waals surface area contributed by atoms with Gasteiger partial charge in [0.25, 0.3) is 0 Å². The molecule has 0 aliphatic carbocycles. The van der Waals surface area contributed by atoms with E-state index in [4.69, 9.17) is 24.7 Å². The number of methoxy groups -OCH3 is 1. The van der Waals surface area contributed by atoms with Gasteiger partial charge in [0.15, 0.2) is 12.1 Å². The Bertz CT molecular complexity index is 1030. The molecule has 280 valence electrons. The van der Waals surface area contributed by atoms with Crippen molar-refractivity contribution >= 4 is 23.9 Å². The van der Waals surface area contributed by atoms with Gasteiger partial charge in [-0.25, -0.2) is 0 Å². The smallest absolute Gasteiger partial charge is 0.316 e. The summed E-state index contributed by atoms with van der Waals surface area (Å²) < 4.78 is 24.3. The van der Waals surface area contributed by atoms with Crippen LogP contribution in [0.3, 0.4) is 0 Å². The Balaban J connectivity index is 3.84. The van der Waals surface area contributed by atoms with Crippen LogP contribution in [-0.4, -0.2) is 133 Å². The van der Waals surface area contributed by atoms with Crippen LogP contribution in [0.1, 0.15) is 93.9 Å². The van der Waals surface area contributed by atoms with E-state index in [0.717, 1.165) is 0 Å². The molecule has 0 aromatic heterocycles. The molecule has 2 unspecified atom stereocenters. The number of unbranched alkanes of at least 4 members (excludes halogenated alkanes) is 1. The topological polar surface area (TPSA) is 178 Å². The predicted molar refractivity (Wildman–Crippen MR) is 182 cm³/mol. The number of ether oxygens (including phenoxy) is 4. The minimum Gasteiger partial charge on any atom is -0.459 e. The number of cyclic esters (lactones) is 1. The summed E-state index contributed by atoms with van der Waals surface area (Å²) in [4.78, 5) is 57.3. The van der Waals surface area contributed by atoms with Crippen molar-refractivity contribution in [3.8, 4) is 0 Å². The summed E-state index contributed by atoms with van der Waals surface area (Å²) >= 11 is 0. The molecule has 13 nitrogen and oxygen atoms in total. The van der Waals surface area contributed by atoms with E-state index < -0.39 is 71.4 Å². The quantitative estimate of drug-likeness (QED) is 0.0711. The average Bonchev–Trinajstić information content (AvgIpc) is 3.04. The number of ketones is 2. The van der Waals surface area contributed by atoms with Gasteiger partial charge in [0.1, 0.15) is 29.5 Å². The summed E-state index contributed by atoms with van der Waals surface area (Å²) in [5.41, 5.74) is 2.55. The maximum absolute atomic E-state index is 14.1. The molecule has 1 saturated heterocycles. The fraction of sp³-hybridized carbons (Fsp3) is 0.886. The molecule has 1 amide bonds. The molecule has 0 aromatic rings. The Morgan fingerprint density at radius 1 is 1.10 bits per heavy atom. The summed E-state index contributed by atoms with van der Waals surface area (Å²) in [6.45, 7) is 14.3. The molecule has 0 radical (unpaired) electrons. The van der Waals surface area contributed by atoms with Crippen LogP contribution in [0, 0.1) is 17.8 Å². The number of nitrogens with zero attached hydrogens (tertiary/aromatic N) is 2. The second kappa shape index (κ2) is 20.0. The van der Waals surface area contributed by atoms with Gasteiger partial charge < -0.3 is 44.7 Å². The molecule has 13 heteroatoms. The number of likely N-dealkylation sites (N-methyl/N-ethyl adjacent to an activating group) is 1. The van der Waals surface area contributed by atoms with Gasteiger partial charge in [0.05, 0.1) is 17.7 Å². The SMILES string of the molecule is CCO[C@@H](O[C@@H]1[C@@H](C)C(=O)[C@@H](C)C(=O)O[C@H](CC)[C@@](C)(O)[C@H](N(C=O)CCCCN)CC(=O)[C@H](C)C[C@@]1(C)OC)C(O)C(CC)N(C)C. The van der Waals surface area contributed by atoms with Crippen molar-refractivity contribution in [2.24, 2.45) is 23.5 Å². The molecule has 1 fully saturated rings. The van der Waals surface area contributed by atoms with E-state index in [9.17, 15) is 29.4 Å². The Kier molecular flexibility index (Phi) is 18.3. The molecule has 0 aromatic carbocycles. The number of carbonyl (C=O) groups is 4. The van der Waals surface area contributed by atoms with Crippen LogP contribution in [0.25, 0.3) is 0 Å². The van der Waals surface area contributed by atoms with E-state index in [1.54, 1.807) is 34.6 Å². The van der Waals surface area contributed by atoms with Crippen LogP contribution in [-0.2, 0) is 38.1 Å². The molecular weight excluding hydrogens is 622 g/mol. The van der Waals surface area contributed by atoms with E-state index in [1.165, 1.54) is 25.9 Å². The predicted octanol–water partition coefficient (Wildman–Crippen LogP) is 2.32. The third kappa shape index (κ3) is 11.0. The van der Waals surface area contributed by atoms with Crippen molar-refractivity contribution in [3.63, 3.8) is 0 Å². The number of hydrogen-bond donors (Lipinski definition) is 3. The summed E-state index contributed by atoms with van der Waals surface area (Å²) in [6, 6.07) is -1.38. The summed E-state index contributed by atoms with van der Waals surface area (Å²) in [5, 5.41) is 23.4. The zero-order valence-electron chi connectivity index (χ0n) is 31.3. The second-order valence-corrected chi connectivity index (χ2v) is 13.9. The minimum atomic E-state index is -1.83. The first kappa shape index (κ1) is 44.0. The van der Waals surface area contributed by atoms with Crippen LogP contribution >= 0.6 is 0 Å². The molecule has 1 aliphatic heterocycles. The molecule has 48 heavy (non-hydrogen) atoms. The zero-order valence-corrected chi connectivity index (χ0v) is 31.3. The monoisotopic (exact) mass is 687 g/mol.